The molecule has 1 atom stereocenters. The van der Waals surface area contributed by atoms with Crippen molar-refractivity contribution in [3.63, 3.8) is 0 Å². The Morgan fingerprint density at radius 2 is 2.05 bits per heavy atom. The van der Waals surface area contributed by atoms with Crippen LogP contribution in [0.4, 0.5) is 0 Å². The van der Waals surface area contributed by atoms with Gasteiger partial charge in [-0.2, -0.15) is 5.10 Å². The molecule has 2 aromatic heterocycles. The molecule has 106 valence electrons. The topological polar surface area (TPSA) is 46.8 Å². The van der Waals surface area contributed by atoms with E-state index < -0.39 is 0 Å². The maximum absolute atomic E-state index is 5.51. The second-order valence-electron chi connectivity index (χ2n) is 6.19. The second kappa shape index (κ2) is 4.58. The molecule has 2 fully saturated rings. The van der Waals surface area contributed by atoms with E-state index in [9.17, 15) is 0 Å². The Hall–Kier alpha value is -1.36. The van der Waals surface area contributed by atoms with Crippen molar-refractivity contribution in [2.75, 3.05) is 0 Å². The third kappa shape index (κ3) is 1.72. The summed E-state index contributed by atoms with van der Waals surface area (Å²) in [6, 6.07) is 4.22. The van der Waals surface area contributed by atoms with Gasteiger partial charge in [-0.1, -0.05) is 0 Å². The summed E-state index contributed by atoms with van der Waals surface area (Å²) in [6.07, 6.45) is 7.24. The largest absolute Gasteiger partial charge is 0.461 e. The summed E-state index contributed by atoms with van der Waals surface area (Å²) in [5.74, 6) is 4.11. The molecular formula is C15H19N3OS. The Morgan fingerprint density at radius 3 is 2.65 bits per heavy atom. The number of furan rings is 1. The Kier molecular flexibility index (Phi) is 2.84. The number of fused-ring (bicyclic) bond motifs is 2. The van der Waals surface area contributed by atoms with Gasteiger partial charge < -0.3 is 4.42 Å². The first-order chi connectivity index (χ1) is 9.75. The molecular weight excluding hydrogens is 270 g/mol. The van der Waals surface area contributed by atoms with E-state index in [2.05, 4.69) is 21.7 Å². The van der Waals surface area contributed by atoms with Crippen LogP contribution in [0.2, 0.25) is 0 Å². The van der Waals surface area contributed by atoms with Crippen molar-refractivity contribution in [2.45, 2.75) is 38.6 Å². The lowest BCUT2D eigenvalue weighted by molar-refractivity contribution is 0.277. The molecule has 2 aliphatic carbocycles. The van der Waals surface area contributed by atoms with Crippen LogP contribution in [-0.2, 0) is 0 Å². The second-order valence-corrected chi connectivity index (χ2v) is 6.58. The van der Waals surface area contributed by atoms with Gasteiger partial charge in [0.2, 0.25) is 0 Å². The molecule has 1 N–H and O–H groups in total. The van der Waals surface area contributed by atoms with E-state index >= 15 is 0 Å². The molecule has 4 rings (SSSR count). The van der Waals surface area contributed by atoms with Crippen LogP contribution in [0.25, 0.3) is 11.6 Å². The zero-order chi connectivity index (χ0) is 13.7. The van der Waals surface area contributed by atoms with E-state index in [0.29, 0.717) is 10.8 Å². The molecule has 0 radical (unpaired) electrons. The molecule has 5 heteroatoms. The summed E-state index contributed by atoms with van der Waals surface area (Å²) in [5.41, 5.74) is 0. The van der Waals surface area contributed by atoms with Gasteiger partial charge in [-0.05, 0) is 74.7 Å². The molecule has 0 aromatic carbocycles. The Labute approximate surface area is 123 Å². The molecule has 1 unspecified atom stereocenters. The van der Waals surface area contributed by atoms with Crippen LogP contribution >= 0.6 is 12.2 Å². The van der Waals surface area contributed by atoms with Crippen molar-refractivity contribution >= 4 is 12.2 Å². The van der Waals surface area contributed by atoms with Gasteiger partial charge in [-0.3, -0.25) is 9.67 Å². The summed E-state index contributed by atoms with van der Waals surface area (Å²) in [6.45, 7) is 2.29. The minimum absolute atomic E-state index is 0.390. The molecule has 2 bridgehead atoms. The van der Waals surface area contributed by atoms with E-state index in [4.69, 9.17) is 16.6 Å². The van der Waals surface area contributed by atoms with Crippen molar-refractivity contribution in [3.8, 4) is 11.6 Å². The van der Waals surface area contributed by atoms with E-state index in [1.54, 1.807) is 6.26 Å². The third-order valence-electron chi connectivity index (χ3n) is 5.32. The van der Waals surface area contributed by atoms with Crippen LogP contribution in [0.3, 0.4) is 0 Å². The predicted octanol–water partition coefficient (Wildman–Crippen LogP) is 4.20. The van der Waals surface area contributed by atoms with Crippen LogP contribution in [0, 0.1) is 22.5 Å². The zero-order valence-electron chi connectivity index (χ0n) is 11.6. The monoisotopic (exact) mass is 289 g/mol. The molecule has 2 aliphatic rings. The number of H-pyrrole nitrogens is 1. The lowest BCUT2D eigenvalue weighted by Crippen LogP contribution is -2.21. The van der Waals surface area contributed by atoms with E-state index in [0.717, 1.165) is 29.3 Å². The highest BCUT2D eigenvalue weighted by Gasteiger charge is 2.45. The molecule has 0 aliphatic heterocycles. The molecule has 2 saturated carbocycles. The van der Waals surface area contributed by atoms with Crippen LogP contribution in [-0.4, -0.2) is 14.8 Å². The molecule has 2 heterocycles. The van der Waals surface area contributed by atoms with Gasteiger partial charge in [0.05, 0.1) is 6.26 Å². The number of nitrogens with one attached hydrogen (secondary N) is 1. The Morgan fingerprint density at radius 1 is 1.35 bits per heavy atom. The van der Waals surface area contributed by atoms with Crippen LogP contribution in [0.15, 0.2) is 22.8 Å². The molecule has 4 nitrogen and oxygen atoms in total. The van der Waals surface area contributed by atoms with Crippen molar-refractivity contribution in [1.82, 2.24) is 14.8 Å². The Bertz CT molecular complexity index is 637. The quantitative estimate of drug-likeness (QED) is 0.861. The fraction of sp³-hybridized carbons (Fsp3) is 0.600. The van der Waals surface area contributed by atoms with Crippen LogP contribution < -0.4 is 0 Å². The SMILES string of the molecule is CC(C1C2CCC1CC2)n1c(-c2ccco2)n[nH]c1=S. The molecule has 2 aromatic rings. The standard InChI is InChI=1S/C15H19N3OS/c1-9(13-10-4-5-11(13)7-6-10)18-14(16-17-15(18)20)12-3-2-8-19-12/h2-3,8-11,13H,4-7H2,1H3,(H,17,20). The van der Waals surface area contributed by atoms with Gasteiger partial charge in [-0.25, -0.2) is 0 Å². The van der Waals surface area contributed by atoms with Crippen LogP contribution in [0.5, 0.6) is 0 Å². The van der Waals surface area contributed by atoms with E-state index in [1.807, 2.05) is 12.1 Å². The first-order valence-electron chi connectivity index (χ1n) is 7.46. The van der Waals surface area contributed by atoms with E-state index in [1.165, 1.54) is 25.7 Å². The molecule has 0 amide bonds. The summed E-state index contributed by atoms with van der Waals surface area (Å²) < 4.78 is 8.37. The Balaban J connectivity index is 1.75. The van der Waals surface area contributed by atoms with Crippen molar-refractivity contribution < 1.29 is 4.42 Å². The fourth-order valence-electron chi connectivity index (χ4n) is 4.52. The maximum Gasteiger partial charge on any atom is 0.198 e. The predicted molar refractivity (Wildman–Crippen MR) is 78.8 cm³/mol. The third-order valence-corrected chi connectivity index (χ3v) is 5.60. The zero-order valence-corrected chi connectivity index (χ0v) is 12.4. The minimum atomic E-state index is 0.390. The number of hydrogen-bond donors (Lipinski definition) is 1. The van der Waals surface area contributed by atoms with Gasteiger partial charge in [0, 0.05) is 6.04 Å². The summed E-state index contributed by atoms with van der Waals surface area (Å²) in [7, 11) is 0. The summed E-state index contributed by atoms with van der Waals surface area (Å²) >= 11 is 5.46. The smallest absolute Gasteiger partial charge is 0.198 e. The van der Waals surface area contributed by atoms with Crippen LogP contribution in [0.1, 0.15) is 38.6 Å². The number of nitrogens with zero attached hydrogens (tertiary/aromatic N) is 2. The lowest BCUT2D eigenvalue weighted by atomic mass is 9.90. The van der Waals surface area contributed by atoms with Crippen molar-refractivity contribution in [1.29, 1.82) is 0 Å². The number of rotatable bonds is 3. The normalized spacial score (nSPS) is 29.9. The fourth-order valence-corrected chi connectivity index (χ4v) is 4.82. The van der Waals surface area contributed by atoms with Gasteiger partial charge in [0.25, 0.3) is 0 Å². The first-order valence-corrected chi connectivity index (χ1v) is 7.87. The maximum atomic E-state index is 5.51. The highest BCUT2D eigenvalue weighted by Crippen LogP contribution is 2.53. The highest BCUT2D eigenvalue weighted by molar-refractivity contribution is 7.71. The number of aromatic amines is 1. The van der Waals surface area contributed by atoms with Gasteiger partial charge in [-0.15, -0.1) is 0 Å². The number of hydrogen-bond acceptors (Lipinski definition) is 3. The molecule has 20 heavy (non-hydrogen) atoms. The lowest BCUT2D eigenvalue weighted by Gasteiger charge is -2.25. The average Bonchev–Trinajstić information content (AvgIpc) is 3.22. The average molecular weight is 289 g/mol. The first kappa shape index (κ1) is 12.4. The summed E-state index contributed by atoms with van der Waals surface area (Å²) in [4.78, 5) is 0. The van der Waals surface area contributed by atoms with Crippen molar-refractivity contribution in [3.05, 3.63) is 23.2 Å². The van der Waals surface area contributed by atoms with E-state index in [-0.39, 0.29) is 0 Å². The van der Waals surface area contributed by atoms with Gasteiger partial charge in [0.1, 0.15) is 0 Å². The summed E-state index contributed by atoms with van der Waals surface area (Å²) in [5, 5.41) is 7.31. The minimum Gasteiger partial charge on any atom is -0.461 e. The van der Waals surface area contributed by atoms with Gasteiger partial charge >= 0.3 is 0 Å². The van der Waals surface area contributed by atoms with Gasteiger partial charge in [0.15, 0.2) is 16.4 Å². The molecule has 0 saturated heterocycles. The number of aromatic nitrogens is 3. The van der Waals surface area contributed by atoms with Crippen molar-refractivity contribution in [2.24, 2.45) is 17.8 Å². The highest BCUT2D eigenvalue weighted by atomic mass is 32.1. The molecule has 0 spiro atoms.